The molecule has 0 bridgehead atoms. The lowest BCUT2D eigenvalue weighted by atomic mass is 10.1. The largest absolute Gasteiger partial charge is 0.368 e. The third kappa shape index (κ3) is 8.90. The van der Waals surface area contributed by atoms with Crippen LogP contribution in [0.5, 0.6) is 0 Å². The van der Waals surface area contributed by atoms with E-state index in [9.17, 15) is 0 Å². The lowest BCUT2D eigenvalue weighted by Gasteiger charge is -2.33. The number of likely N-dealkylation sites (N-methyl/N-ethyl adjacent to an activating group) is 1. The van der Waals surface area contributed by atoms with E-state index in [1.165, 1.54) is 71.4 Å². The van der Waals surface area contributed by atoms with E-state index in [4.69, 9.17) is 10.2 Å². The third-order valence-corrected chi connectivity index (χ3v) is 4.35. The van der Waals surface area contributed by atoms with E-state index >= 15 is 0 Å². The van der Waals surface area contributed by atoms with Crippen molar-refractivity contribution >= 4 is 0 Å². The van der Waals surface area contributed by atoms with Crippen molar-refractivity contribution in [1.29, 1.82) is 0 Å². The molecular formula is C16H34N2O2. The maximum absolute atomic E-state index is 8.73. The van der Waals surface area contributed by atoms with Crippen LogP contribution in [0.3, 0.4) is 0 Å². The maximum atomic E-state index is 8.73. The highest BCUT2D eigenvalue weighted by Crippen LogP contribution is 2.10. The second-order valence-corrected chi connectivity index (χ2v) is 6.02. The minimum Gasteiger partial charge on any atom is -0.368 e. The number of nitrogens with zero attached hydrogens (tertiary/aromatic N) is 2. The second kappa shape index (κ2) is 11.5. The van der Waals surface area contributed by atoms with Gasteiger partial charge in [-0.25, -0.2) is 0 Å². The summed E-state index contributed by atoms with van der Waals surface area (Å²) in [5.74, 6) is 0. The molecule has 0 amide bonds. The topological polar surface area (TPSA) is 46.9 Å². The van der Waals surface area contributed by atoms with Crippen molar-refractivity contribution in [1.82, 2.24) is 9.80 Å². The van der Waals surface area contributed by atoms with Gasteiger partial charge in [-0.05, 0) is 32.4 Å². The van der Waals surface area contributed by atoms with E-state index in [1.807, 2.05) is 0 Å². The Morgan fingerprint density at radius 1 is 0.750 bits per heavy atom. The number of hydrogen-bond acceptors (Lipinski definition) is 4. The molecule has 0 aromatic heterocycles. The van der Waals surface area contributed by atoms with Crippen molar-refractivity contribution in [3.63, 3.8) is 0 Å². The van der Waals surface area contributed by atoms with Crippen LogP contribution in [-0.2, 0) is 0 Å². The number of aliphatic hydroxyl groups excluding tert-OH is 1. The smallest absolute Gasteiger partial charge is 0.151 e. The van der Waals surface area contributed by atoms with Gasteiger partial charge in [-0.15, -0.1) is 0 Å². The summed E-state index contributed by atoms with van der Waals surface area (Å²) in [5, 5.41) is 17.5. The number of unbranched alkanes of at least 4 members (excludes halogenated alkanes) is 6. The second-order valence-electron chi connectivity index (χ2n) is 6.02. The van der Waals surface area contributed by atoms with E-state index < -0.39 is 6.29 Å². The molecule has 4 nitrogen and oxygen atoms in total. The monoisotopic (exact) mass is 286 g/mol. The zero-order valence-corrected chi connectivity index (χ0v) is 13.3. The highest BCUT2D eigenvalue weighted by atomic mass is 16.5. The van der Waals surface area contributed by atoms with Crippen molar-refractivity contribution in [2.75, 3.05) is 39.3 Å². The van der Waals surface area contributed by atoms with Gasteiger partial charge in [-0.3, -0.25) is 0 Å². The molecule has 20 heavy (non-hydrogen) atoms. The fourth-order valence-electron chi connectivity index (χ4n) is 2.88. The Balaban J connectivity index is 1.81. The Labute approximate surface area is 124 Å². The first kappa shape index (κ1) is 17.9. The van der Waals surface area contributed by atoms with E-state index in [-0.39, 0.29) is 0 Å². The highest BCUT2D eigenvalue weighted by molar-refractivity contribution is 4.70. The standard InChI is InChI=1S/C16H34N2O2/c1-2-17-12-14-18(15-13-17)11-9-7-5-3-4-6-8-10-16(19)20/h16,19-20H,2-15H2,1H3. The van der Waals surface area contributed by atoms with Crippen LogP contribution in [0.15, 0.2) is 0 Å². The molecule has 0 spiro atoms. The number of aliphatic hydroxyl groups is 2. The third-order valence-electron chi connectivity index (χ3n) is 4.35. The Hall–Kier alpha value is -0.160. The molecule has 4 heteroatoms. The maximum Gasteiger partial charge on any atom is 0.151 e. The minimum atomic E-state index is -1.11. The average molecular weight is 286 g/mol. The summed E-state index contributed by atoms with van der Waals surface area (Å²) in [6.45, 7) is 9.70. The molecule has 1 rings (SSSR count). The van der Waals surface area contributed by atoms with Crippen molar-refractivity contribution < 1.29 is 10.2 Å². The van der Waals surface area contributed by atoms with Crippen LogP contribution in [0.4, 0.5) is 0 Å². The molecule has 0 saturated carbocycles. The molecule has 0 radical (unpaired) electrons. The summed E-state index contributed by atoms with van der Waals surface area (Å²) in [5.41, 5.74) is 0. The highest BCUT2D eigenvalue weighted by Gasteiger charge is 2.14. The van der Waals surface area contributed by atoms with Crippen LogP contribution in [0.1, 0.15) is 58.3 Å². The van der Waals surface area contributed by atoms with Crippen LogP contribution in [0.2, 0.25) is 0 Å². The van der Waals surface area contributed by atoms with E-state index in [1.54, 1.807) is 0 Å². The zero-order valence-electron chi connectivity index (χ0n) is 13.3. The van der Waals surface area contributed by atoms with Gasteiger partial charge in [0, 0.05) is 26.2 Å². The van der Waals surface area contributed by atoms with Crippen molar-refractivity contribution in [2.45, 2.75) is 64.6 Å². The van der Waals surface area contributed by atoms with E-state index in [2.05, 4.69) is 16.7 Å². The SMILES string of the molecule is CCN1CCN(CCCCCCCCCC(O)O)CC1. The van der Waals surface area contributed by atoms with Gasteiger partial charge in [-0.2, -0.15) is 0 Å². The predicted molar refractivity (Wildman–Crippen MR) is 83.7 cm³/mol. The summed E-state index contributed by atoms with van der Waals surface area (Å²) in [6.07, 6.45) is 8.05. The van der Waals surface area contributed by atoms with E-state index in [0.29, 0.717) is 6.42 Å². The van der Waals surface area contributed by atoms with E-state index in [0.717, 1.165) is 12.8 Å². The lowest BCUT2D eigenvalue weighted by Crippen LogP contribution is -2.46. The molecule has 1 fully saturated rings. The van der Waals surface area contributed by atoms with Gasteiger partial charge in [0.15, 0.2) is 6.29 Å². The van der Waals surface area contributed by atoms with Crippen LogP contribution in [-0.4, -0.2) is 65.6 Å². The van der Waals surface area contributed by atoms with Gasteiger partial charge in [0.2, 0.25) is 0 Å². The Morgan fingerprint density at radius 3 is 1.80 bits per heavy atom. The molecule has 0 unspecified atom stereocenters. The lowest BCUT2D eigenvalue weighted by molar-refractivity contribution is -0.0466. The molecule has 1 saturated heterocycles. The summed E-state index contributed by atoms with van der Waals surface area (Å²) in [4.78, 5) is 5.13. The number of piperazine rings is 1. The first-order chi connectivity index (χ1) is 9.72. The first-order valence-corrected chi connectivity index (χ1v) is 8.53. The fraction of sp³-hybridized carbons (Fsp3) is 1.00. The molecule has 1 heterocycles. The molecule has 120 valence electrons. The number of rotatable bonds is 11. The molecule has 2 N–H and O–H groups in total. The predicted octanol–water partition coefficient (Wildman–Crippen LogP) is 2.06. The Morgan fingerprint density at radius 2 is 1.25 bits per heavy atom. The van der Waals surface area contributed by atoms with Crippen LogP contribution in [0, 0.1) is 0 Å². The van der Waals surface area contributed by atoms with Gasteiger partial charge < -0.3 is 20.0 Å². The van der Waals surface area contributed by atoms with Gasteiger partial charge in [0.05, 0.1) is 0 Å². The van der Waals surface area contributed by atoms with Gasteiger partial charge >= 0.3 is 0 Å². The summed E-state index contributed by atoms with van der Waals surface area (Å²) in [7, 11) is 0. The van der Waals surface area contributed by atoms with Gasteiger partial charge in [-0.1, -0.05) is 39.0 Å². The summed E-state index contributed by atoms with van der Waals surface area (Å²) in [6, 6.07) is 0. The minimum absolute atomic E-state index is 0.531. The molecule has 0 atom stereocenters. The normalized spacial score (nSPS) is 18.0. The molecule has 1 aliphatic heterocycles. The Bertz CT molecular complexity index is 217. The fourth-order valence-corrected chi connectivity index (χ4v) is 2.88. The molecule has 0 aromatic carbocycles. The quantitative estimate of drug-likeness (QED) is 0.451. The molecule has 0 aromatic rings. The average Bonchev–Trinajstić information content (AvgIpc) is 2.46. The first-order valence-electron chi connectivity index (χ1n) is 8.53. The van der Waals surface area contributed by atoms with Gasteiger partial charge in [0.1, 0.15) is 0 Å². The van der Waals surface area contributed by atoms with Crippen molar-refractivity contribution in [3.8, 4) is 0 Å². The van der Waals surface area contributed by atoms with Crippen LogP contribution >= 0.6 is 0 Å². The Kier molecular flexibility index (Phi) is 10.3. The molecule has 0 aliphatic carbocycles. The van der Waals surface area contributed by atoms with Crippen LogP contribution in [0.25, 0.3) is 0 Å². The van der Waals surface area contributed by atoms with Gasteiger partial charge in [0.25, 0.3) is 0 Å². The van der Waals surface area contributed by atoms with Crippen LogP contribution < -0.4 is 0 Å². The molecule has 1 aliphatic rings. The number of hydrogen-bond donors (Lipinski definition) is 2. The summed E-state index contributed by atoms with van der Waals surface area (Å²) >= 11 is 0. The molecular weight excluding hydrogens is 252 g/mol. The summed E-state index contributed by atoms with van der Waals surface area (Å²) < 4.78 is 0. The zero-order chi connectivity index (χ0) is 14.6. The van der Waals surface area contributed by atoms with Crippen molar-refractivity contribution in [2.24, 2.45) is 0 Å². The van der Waals surface area contributed by atoms with Crippen molar-refractivity contribution in [3.05, 3.63) is 0 Å².